The van der Waals surface area contributed by atoms with Crippen molar-refractivity contribution in [1.82, 2.24) is 3.97 Å². The van der Waals surface area contributed by atoms with Crippen molar-refractivity contribution >= 4 is 21.9 Å². The lowest BCUT2D eigenvalue weighted by Crippen LogP contribution is -2.13. The SMILES string of the molecule is O=C1/C(=C\c2cccn2S(=O)(=O)c2ccccc2)Oc2c1ccc(O)c2O. The highest BCUT2D eigenvalue weighted by molar-refractivity contribution is 7.90. The summed E-state index contributed by atoms with van der Waals surface area (Å²) in [6.07, 6.45) is 2.64. The van der Waals surface area contributed by atoms with Gasteiger partial charge in [-0.25, -0.2) is 12.4 Å². The molecule has 2 heterocycles. The largest absolute Gasteiger partial charge is 0.504 e. The highest BCUT2D eigenvalue weighted by atomic mass is 32.2. The van der Waals surface area contributed by atoms with Gasteiger partial charge in [0, 0.05) is 12.3 Å². The first-order valence-corrected chi connectivity index (χ1v) is 9.31. The van der Waals surface area contributed by atoms with Gasteiger partial charge in [-0.2, -0.15) is 0 Å². The van der Waals surface area contributed by atoms with Crippen molar-refractivity contribution in [3.05, 3.63) is 77.8 Å². The second kappa shape index (κ2) is 6.03. The minimum absolute atomic E-state index is 0.0839. The van der Waals surface area contributed by atoms with Gasteiger partial charge in [0.1, 0.15) is 0 Å². The molecule has 1 aromatic heterocycles. The molecule has 0 atom stereocenters. The minimum atomic E-state index is -3.85. The van der Waals surface area contributed by atoms with E-state index in [0.29, 0.717) is 0 Å². The van der Waals surface area contributed by atoms with Crippen LogP contribution in [0.5, 0.6) is 17.2 Å². The Bertz CT molecular complexity index is 1190. The number of hydrogen-bond donors (Lipinski definition) is 2. The summed E-state index contributed by atoms with van der Waals surface area (Å²) in [5, 5.41) is 19.4. The van der Waals surface area contributed by atoms with Crippen LogP contribution in [-0.2, 0) is 10.0 Å². The number of hydrogen-bond acceptors (Lipinski definition) is 6. The number of aromatic nitrogens is 1. The van der Waals surface area contributed by atoms with E-state index in [1.54, 1.807) is 18.2 Å². The highest BCUT2D eigenvalue weighted by Gasteiger charge is 2.32. The van der Waals surface area contributed by atoms with Crippen molar-refractivity contribution in [2.75, 3.05) is 0 Å². The molecule has 8 heteroatoms. The molecule has 0 unspecified atom stereocenters. The minimum Gasteiger partial charge on any atom is -0.504 e. The lowest BCUT2D eigenvalue weighted by Gasteiger charge is -2.08. The molecule has 2 aromatic carbocycles. The number of rotatable bonds is 3. The molecule has 0 radical (unpaired) electrons. The van der Waals surface area contributed by atoms with E-state index in [9.17, 15) is 23.4 Å². The Morgan fingerprint density at radius 2 is 1.70 bits per heavy atom. The number of ether oxygens (including phenoxy) is 1. The van der Waals surface area contributed by atoms with E-state index in [1.807, 2.05) is 0 Å². The Labute approximate surface area is 154 Å². The van der Waals surface area contributed by atoms with E-state index >= 15 is 0 Å². The second-order valence-electron chi connectivity index (χ2n) is 5.80. The summed E-state index contributed by atoms with van der Waals surface area (Å²) >= 11 is 0. The van der Waals surface area contributed by atoms with Gasteiger partial charge in [0.2, 0.25) is 11.5 Å². The molecular formula is C19H13NO6S. The number of ketones is 1. The molecule has 0 saturated carbocycles. The number of Topliss-reactive ketones (excluding diaryl/α,β-unsaturated/α-hetero) is 1. The third-order valence-electron chi connectivity index (χ3n) is 4.11. The van der Waals surface area contributed by atoms with Gasteiger partial charge in [-0.1, -0.05) is 18.2 Å². The first-order chi connectivity index (χ1) is 12.9. The van der Waals surface area contributed by atoms with Crippen LogP contribution in [0.4, 0.5) is 0 Å². The molecule has 136 valence electrons. The first-order valence-electron chi connectivity index (χ1n) is 7.87. The zero-order valence-electron chi connectivity index (χ0n) is 13.7. The van der Waals surface area contributed by atoms with Gasteiger partial charge in [-0.3, -0.25) is 4.79 Å². The van der Waals surface area contributed by atoms with Crippen LogP contribution in [0.25, 0.3) is 6.08 Å². The van der Waals surface area contributed by atoms with Gasteiger partial charge in [0.25, 0.3) is 10.0 Å². The van der Waals surface area contributed by atoms with Gasteiger partial charge in [0.05, 0.1) is 16.2 Å². The van der Waals surface area contributed by atoms with Crippen molar-refractivity contribution in [1.29, 1.82) is 0 Å². The van der Waals surface area contributed by atoms with Crippen LogP contribution in [-0.4, -0.2) is 28.4 Å². The van der Waals surface area contributed by atoms with Crippen LogP contribution in [0.1, 0.15) is 16.1 Å². The molecule has 4 rings (SSSR count). The highest BCUT2D eigenvalue weighted by Crippen LogP contribution is 2.44. The van der Waals surface area contributed by atoms with Gasteiger partial charge >= 0.3 is 0 Å². The molecular weight excluding hydrogens is 370 g/mol. The molecule has 0 aliphatic carbocycles. The van der Waals surface area contributed by atoms with Crippen LogP contribution in [0.3, 0.4) is 0 Å². The fourth-order valence-corrected chi connectivity index (χ4v) is 4.13. The van der Waals surface area contributed by atoms with E-state index in [-0.39, 0.29) is 27.7 Å². The van der Waals surface area contributed by atoms with E-state index in [4.69, 9.17) is 4.74 Å². The Morgan fingerprint density at radius 1 is 0.963 bits per heavy atom. The zero-order chi connectivity index (χ0) is 19.2. The lowest BCUT2D eigenvalue weighted by atomic mass is 10.1. The fourth-order valence-electron chi connectivity index (χ4n) is 2.78. The van der Waals surface area contributed by atoms with Crippen molar-refractivity contribution < 1.29 is 28.2 Å². The molecule has 7 nitrogen and oxygen atoms in total. The number of phenolic OH excluding ortho intramolecular Hbond substituents is 2. The summed E-state index contributed by atoms with van der Waals surface area (Å²) in [7, 11) is -3.85. The van der Waals surface area contributed by atoms with Crippen molar-refractivity contribution in [3.8, 4) is 17.2 Å². The number of benzene rings is 2. The number of nitrogens with zero attached hydrogens (tertiary/aromatic N) is 1. The quantitative estimate of drug-likeness (QED) is 0.532. The topological polar surface area (TPSA) is 106 Å². The smallest absolute Gasteiger partial charge is 0.268 e. The van der Waals surface area contributed by atoms with E-state index in [1.165, 1.54) is 48.7 Å². The average Bonchev–Trinajstić information content (AvgIpc) is 3.25. The monoisotopic (exact) mass is 383 g/mol. The predicted octanol–water partition coefficient (Wildman–Crippen LogP) is 2.75. The maximum absolute atomic E-state index is 12.8. The maximum atomic E-state index is 12.8. The Kier molecular flexibility index (Phi) is 3.78. The lowest BCUT2D eigenvalue weighted by molar-refractivity contribution is 0.101. The van der Waals surface area contributed by atoms with E-state index in [0.717, 1.165) is 3.97 Å². The number of phenols is 2. The Hall–Kier alpha value is -3.52. The standard InChI is InChI=1S/C19H13NO6S/c21-15-9-8-14-17(22)16(26-19(14)18(15)23)11-12-5-4-10-20(12)27(24,25)13-6-2-1-3-7-13/h1-11,21,23H/b16-11+. The summed E-state index contributed by atoms with van der Waals surface area (Å²) in [5.41, 5.74) is 0.291. The van der Waals surface area contributed by atoms with E-state index in [2.05, 4.69) is 0 Å². The fraction of sp³-hybridized carbons (Fsp3) is 0. The molecule has 1 aliphatic rings. The van der Waals surface area contributed by atoms with Gasteiger partial charge in [-0.15, -0.1) is 0 Å². The molecule has 1 aliphatic heterocycles. The van der Waals surface area contributed by atoms with Gasteiger partial charge in [0.15, 0.2) is 17.3 Å². The van der Waals surface area contributed by atoms with Gasteiger partial charge < -0.3 is 14.9 Å². The third-order valence-corrected chi connectivity index (χ3v) is 5.83. The average molecular weight is 383 g/mol. The number of carbonyl (C=O) groups is 1. The zero-order valence-corrected chi connectivity index (χ0v) is 14.6. The summed E-state index contributed by atoms with van der Waals surface area (Å²) in [6, 6.07) is 13.4. The van der Waals surface area contributed by atoms with Crippen LogP contribution < -0.4 is 4.74 Å². The summed E-state index contributed by atoms with van der Waals surface area (Å²) in [6.45, 7) is 0. The van der Waals surface area contributed by atoms with Crippen LogP contribution in [0.15, 0.2) is 71.4 Å². The molecule has 0 saturated heterocycles. The second-order valence-corrected chi connectivity index (χ2v) is 7.61. The van der Waals surface area contributed by atoms with Crippen molar-refractivity contribution in [3.63, 3.8) is 0 Å². The van der Waals surface area contributed by atoms with Crippen LogP contribution in [0, 0.1) is 0 Å². The van der Waals surface area contributed by atoms with Crippen LogP contribution >= 0.6 is 0 Å². The number of allylic oxidation sites excluding steroid dienone is 1. The molecule has 27 heavy (non-hydrogen) atoms. The molecule has 0 fully saturated rings. The Morgan fingerprint density at radius 3 is 2.44 bits per heavy atom. The molecule has 0 amide bonds. The van der Waals surface area contributed by atoms with Crippen LogP contribution in [0.2, 0.25) is 0 Å². The van der Waals surface area contributed by atoms with E-state index < -0.39 is 27.3 Å². The molecule has 0 spiro atoms. The number of fused-ring (bicyclic) bond motifs is 1. The molecule has 3 aromatic rings. The normalized spacial score (nSPS) is 15.0. The number of aromatic hydroxyl groups is 2. The van der Waals surface area contributed by atoms with Crippen molar-refractivity contribution in [2.45, 2.75) is 4.90 Å². The summed E-state index contributed by atoms with van der Waals surface area (Å²) < 4.78 is 32.1. The van der Waals surface area contributed by atoms with Gasteiger partial charge in [-0.05, 0) is 36.4 Å². The summed E-state index contributed by atoms with van der Waals surface area (Å²) in [4.78, 5) is 12.6. The number of carbonyl (C=O) groups excluding carboxylic acids is 1. The maximum Gasteiger partial charge on any atom is 0.268 e. The molecule has 2 N–H and O–H groups in total. The first kappa shape index (κ1) is 16.9. The molecule has 0 bridgehead atoms. The third kappa shape index (κ3) is 2.67. The predicted molar refractivity (Wildman–Crippen MR) is 96.2 cm³/mol. The Balaban J connectivity index is 1.77. The van der Waals surface area contributed by atoms with Crippen molar-refractivity contribution in [2.24, 2.45) is 0 Å². The summed E-state index contributed by atoms with van der Waals surface area (Å²) in [5.74, 6) is -1.80.